The molecule has 118 valence electrons. The van der Waals surface area contributed by atoms with Crippen molar-refractivity contribution in [3.8, 4) is 5.75 Å². The van der Waals surface area contributed by atoms with Crippen molar-refractivity contribution in [3.63, 3.8) is 0 Å². The van der Waals surface area contributed by atoms with Crippen LogP contribution in [0.25, 0.3) is 0 Å². The Balaban J connectivity index is 2.03. The van der Waals surface area contributed by atoms with Crippen molar-refractivity contribution >= 4 is 11.7 Å². The number of aromatic hydroxyl groups is 1. The quantitative estimate of drug-likeness (QED) is 0.882. The van der Waals surface area contributed by atoms with Gasteiger partial charge in [-0.05, 0) is 13.0 Å². The van der Waals surface area contributed by atoms with Crippen LogP contribution in [0.15, 0.2) is 59.8 Å². The predicted octanol–water partition coefficient (Wildman–Crippen LogP) is 2.84. The zero-order valence-corrected chi connectivity index (χ0v) is 12.7. The van der Waals surface area contributed by atoms with Crippen LogP contribution in [0.2, 0.25) is 0 Å². The molecule has 1 aliphatic rings. The fraction of sp³-hybridized carbons (Fsp3) is 0.222. The molecule has 1 heterocycles. The van der Waals surface area contributed by atoms with Crippen molar-refractivity contribution in [2.75, 3.05) is 6.61 Å². The van der Waals surface area contributed by atoms with Crippen molar-refractivity contribution in [1.82, 2.24) is 0 Å². The van der Waals surface area contributed by atoms with Crippen molar-refractivity contribution in [3.05, 3.63) is 65.7 Å². The zero-order chi connectivity index (χ0) is 16.2. The third-order valence-electron chi connectivity index (χ3n) is 3.72. The number of carbonyl (C=O) groups excluding carboxylic acids is 1. The maximum absolute atomic E-state index is 12.2. The fourth-order valence-electron chi connectivity index (χ4n) is 2.68. The summed E-state index contributed by atoms with van der Waals surface area (Å²) in [5.41, 5.74) is 2.03. The van der Waals surface area contributed by atoms with Crippen LogP contribution in [0.3, 0.4) is 0 Å². The molecular formula is C18H17NO4. The molecule has 0 bridgehead atoms. The second kappa shape index (κ2) is 6.52. The molecule has 0 aromatic heterocycles. The first-order valence-electron chi connectivity index (χ1n) is 7.46. The van der Waals surface area contributed by atoms with Gasteiger partial charge in [0, 0.05) is 11.1 Å². The number of phenols is 1. The summed E-state index contributed by atoms with van der Waals surface area (Å²) < 4.78 is 5.08. The average Bonchev–Trinajstić information content (AvgIpc) is 3.01. The molecule has 0 unspecified atom stereocenters. The zero-order valence-electron chi connectivity index (χ0n) is 12.7. The highest BCUT2D eigenvalue weighted by Gasteiger charge is 2.43. The van der Waals surface area contributed by atoms with Gasteiger partial charge in [0.1, 0.15) is 5.75 Å². The summed E-state index contributed by atoms with van der Waals surface area (Å²) in [4.78, 5) is 17.6. The smallest absolute Gasteiger partial charge is 0.351 e. The summed E-state index contributed by atoms with van der Waals surface area (Å²) in [6.07, 6.45) is -0.904. The number of ether oxygens (including phenoxy) is 1. The van der Waals surface area contributed by atoms with Crippen LogP contribution in [0.5, 0.6) is 5.75 Å². The molecule has 1 N–H and O–H groups in total. The number of benzene rings is 2. The van der Waals surface area contributed by atoms with E-state index in [1.54, 1.807) is 31.2 Å². The van der Waals surface area contributed by atoms with E-state index in [2.05, 4.69) is 5.16 Å². The van der Waals surface area contributed by atoms with Gasteiger partial charge in [-0.3, -0.25) is 0 Å². The molecule has 0 fully saturated rings. The highest BCUT2D eigenvalue weighted by atomic mass is 16.7. The van der Waals surface area contributed by atoms with Crippen LogP contribution in [0.4, 0.5) is 0 Å². The summed E-state index contributed by atoms with van der Waals surface area (Å²) >= 11 is 0. The van der Waals surface area contributed by atoms with Gasteiger partial charge in [0.15, 0.2) is 0 Å². The molecule has 0 saturated carbocycles. The lowest BCUT2D eigenvalue weighted by Gasteiger charge is -2.19. The minimum absolute atomic E-state index is 0.0981. The standard InChI is InChI=1S/C18H17NO4/c1-2-22-18(21)17-15(13-10-6-7-11-14(13)20)16(19-23-17)12-8-4-3-5-9-12/h3-11,15,17,20H,2H2,1H3/t15-,17-/m0/s1. The van der Waals surface area contributed by atoms with Gasteiger partial charge in [-0.25, -0.2) is 4.79 Å². The fourth-order valence-corrected chi connectivity index (χ4v) is 2.68. The Labute approximate surface area is 134 Å². The number of oxime groups is 1. The number of hydrogen-bond acceptors (Lipinski definition) is 5. The van der Waals surface area contributed by atoms with E-state index >= 15 is 0 Å². The molecule has 0 radical (unpaired) electrons. The van der Waals surface area contributed by atoms with E-state index in [-0.39, 0.29) is 12.4 Å². The molecule has 0 amide bonds. The topological polar surface area (TPSA) is 68.1 Å². The van der Waals surface area contributed by atoms with Gasteiger partial charge < -0.3 is 14.7 Å². The van der Waals surface area contributed by atoms with E-state index in [1.807, 2.05) is 30.3 Å². The van der Waals surface area contributed by atoms with Crippen LogP contribution in [-0.2, 0) is 14.4 Å². The molecule has 2 aromatic rings. The van der Waals surface area contributed by atoms with Gasteiger partial charge in [0.2, 0.25) is 6.10 Å². The number of carbonyl (C=O) groups is 1. The van der Waals surface area contributed by atoms with E-state index < -0.39 is 18.0 Å². The Morgan fingerprint density at radius 1 is 1.17 bits per heavy atom. The maximum atomic E-state index is 12.2. The maximum Gasteiger partial charge on any atom is 0.351 e. The largest absolute Gasteiger partial charge is 0.508 e. The van der Waals surface area contributed by atoms with Crippen LogP contribution in [0, 0.1) is 0 Å². The van der Waals surface area contributed by atoms with Gasteiger partial charge in [-0.15, -0.1) is 0 Å². The second-order valence-corrected chi connectivity index (χ2v) is 5.16. The normalized spacial score (nSPS) is 19.8. The summed E-state index contributed by atoms with van der Waals surface area (Å²) in [5.74, 6) is -0.908. The summed E-state index contributed by atoms with van der Waals surface area (Å²) in [6.45, 7) is 1.99. The van der Waals surface area contributed by atoms with E-state index in [4.69, 9.17) is 9.57 Å². The minimum atomic E-state index is -0.904. The highest BCUT2D eigenvalue weighted by Crippen LogP contribution is 2.37. The van der Waals surface area contributed by atoms with Crippen LogP contribution in [0.1, 0.15) is 24.0 Å². The molecule has 23 heavy (non-hydrogen) atoms. The van der Waals surface area contributed by atoms with Gasteiger partial charge in [0.25, 0.3) is 0 Å². The molecule has 1 aliphatic heterocycles. The number of phenolic OH excluding ortho intramolecular Hbond substituents is 1. The first kappa shape index (κ1) is 15.1. The Kier molecular flexibility index (Phi) is 4.28. The lowest BCUT2D eigenvalue weighted by molar-refractivity contribution is -0.155. The molecule has 0 aliphatic carbocycles. The Hall–Kier alpha value is -2.82. The third kappa shape index (κ3) is 2.90. The molecular weight excluding hydrogens is 294 g/mol. The predicted molar refractivity (Wildman–Crippen MR) is 85.3 cm³/mol. The van der Waals surface area contributed by atoms with Gasteiger partial charge in [-0.2, -0.15) is 0 Å². The van der Waals surface area contributed by atoms with Crippen LogP contribution >= 0.6 is 0 Å². The number of hydrogen-bond donors (Lipinski definition) is 1. The second-order valence-electron chi connectivity index (χ2n) is 5.16. The number of nitrogens with zero attached hydrogens (tertiary/aromatic N) is 1. The van der Waals surface area contributed by atoms with Crippen molar-refractivity contribution < 1.29 is 19.5 Å². The highest BCUT2D eigenvalue weighted by molar-refractivity contribution is 6.08. The van der Waals surface area contributed by atoms with E-state index in [0.29, 0.717) is 11.3 Å². The average molecular weight is 311 g/mol. The monoisotopic (exact) mass is 311 g/mol. The van der Waals surface area contributed by atoms with Crippen molar-refractivity contribution in [2.24, 2.45) is 5.16 Å². The molecule has 5 nitrogen and oxygen atoms in total. The minimum Gasteiger partial charge on any atom is -0.508 e. The molecule has 2 atom stereocenters. The third-order valence-corrected chi connectivity index (χ3v) is 3.72. The van der Waals surface area contributed by atoms with Gasteiger partial charge in [0.05, 0.1) is 18.2 Å². The molecule has 0 spiro atoms. The molecule has 2 aromatic carbocycles. The lowest BCUT2D eigenvalue weighted by atomic mass is 9.85. The summed E-state index contributed by atoms with van der Waals surface area (Å²) in [5, 5.41) is 14.3. The van der Waals surface area contributed by atoms with Crippen LogP contribution < -0.4 is 0 Å². The van der Waals surface area contributed by atoms with Crippen LogP contribution in [-0.4, -0.2) is 29.5 Å². The molecule has 0 saturated heterocycles. The van der Waals surface area contributed by atoms with E-state index in [9.17, 15) is 9.90 Å². The Morgan fingerprint density at radius 3 is 2.57 bits per heavy atom. The number of rotatable bonds is 4. The Bertz CT molecular complexity index is 727. The van der Waals surface area contributed by atoms with Gasteiger partial charge in [-0.1, -0.05) is 53.7 Å². The lowest BCUT2D eigenvalue weighted by Crippen LogP contribution is -2.31. The first-order valence-corrected chi connectivity index (χ1v) is 7.46. The van der Waals surface area contributed by atoms with E-state index in [1.165, 1.54) is 0 Å². The Morgan fingerprint density at radius 2 is 1.87 bits per heavy atom. The first-order chi connectivity index (χ1) is 11.2. The van der Waals surface area contributed by atoms with Crippen molar-refractivity contribution in [1.29, 1.82) is 0 Å². The van der Waals surface area contributed by atoms with E-state index in [0.717, 1.165) is 5.56 Å². The van der Waals surface area contributed by atoms with Gasteiger partial charge >= 0.3 is 5.97 Å². The SMILES string of the molecule is CCOC(=O)[C@H]1ON=C(c2ccccc2)[C@@H]1c1ccccc1O. The summed E-state index contributed by atoms with van der Waals surface area (Å²) in [7, 11) is 0. The summed E-state index contributed by atoms with van der Waals surface area (Å²) in [6, 6.07) is 16.3. The van der Waals surface area contributed by atoms with Crippen molar-refractivity contribution in [2.45, 2.75) is 18.9 Å². The number of esters is 1. The molecule has 5 heteroatoms. The number of para-hydroxylation sites is 1. The molecule has 3 rings (SSSR count).